The lowest BCUT2D eigenvalue weighted by Gasteiger charge is -2.43. The van der Waals surface area contributed by atoms with E-state index in [9.17, 15) is 9.59 Å². The molecule has 0 radical (unpaired) electrons. The van der Waals surface area contributed by atoms with Gasteiger partial charge in [-0.1, -0.05) is 6.08 Å². The molecule has 1 saturated carbocycles. The van der Waals surface area contributed by atoms with E-state index in [0.29, 0.717) is 5.57 Å². The lowest BCUT2D eigenvalue weighted by Crippen LogP contribution is -2.47. The molecule has 0 heterocycles. The van der Waals surface area contributed by atoms with Crippen LogP contribution in [0.25, 0.3) is 0 Å². The molecule has 0 amide bonds. The molecule has 3 aliphatic carbocycles. The average molecular weight is 249 g/mol. The maximum Gasteiger partial charge on any atom is 0.310 e. The summed E-state index contributed by atoms with van der Waals surface area (Å²) in [5.74, 6) is -2.23. The Kier molecular flexibility index (Phi) is 3.37. The molecule has 3 aliphatic rings. The first-order chi connectivity index (χ1) is 8.63. The minimum atomic E-state index is -0.583. The molecule has 2 bridgehead atoms. The van der Waals surface area contributed by atoms with Gasteiger partial charge in [0.2, 0.25) is 0 Å². The molecule has 18 heavy (non-hydrogen) atoms. The number of fused-ring (bicyclic) bond motifs is 2. The third-order valence-corrected chi connectivity index (χ3v) is 3.96. The number of carbonyl (C=O) groups excluding carboxylic acids is 2. The smallest absolute Gasteiger partial charge is 0.310 e. The van der Waals surface area contributed by atoms with Crippen LogP contribution < -0.4 is 0 Å². The molecule has 0 aliphatic heterocycles. The molecule has 0 spiro atoms. The van der Waals surface area contributed by atoms with Gasteiger partial charge in [-0.15, -0.1) is 0 Å². The SMILES string of the molecule is COC(=O)C1C2C=C(C#N)C(CC2)C1C(=O)OC. The Hall–Kier alpha value is -1.83. The maximum absolute atomic E-state index is 11.9. The molecular formula is C13H15NO4. The third kappa shape index (κ3) is 1.78. The first-order valence-corrected chi connectivity index (χ1v) is 5.91. The van der Waals surface area contributed by atoms with Gasteiger partial charge in [-0.25, -0.2) is 0 Å². The quantitative estimate of drug-likeness (QED) is 0.684. The summed E-state index contributed by atoms with van der Waals surface area (Å²) in [6.45, 7) is 0. The monoisotopic (exact) mass is 249 g/mol. The molecular weight excluding hydrogens is 234 g/mol. The number of nitriles is 1. The third-order valence-electron chi connectivity index (χ3n) is 3.96. The fourth-order valence-electron chi connectivity index (χ4n) is 3.16. The van der Waals surface area contributed by atoms with Gasteiger partial charge < -0.3 is 9.47 Å². The van der Waals surface area contributed by atoms with E-state index in [1.165, 1.54) is 14.2 Å². The van der Waals surface area contributed by atoms with Crippen LogP contribution in [0.15, 0.2) is 11.6 Å². The molecule has 4 unspecified atom stereocenters. The van der Waals surface area contributed by atoms with Gasteiger partial charge in [0.15, 0.2) is 0 Å². The van der Waals surface area contributed by atoms with Crippen molar-refractivity contribution < 1.29 is 19.1 Å². The highest BCUT2D eigenvalue weighted by molar-refractivity contribution is 5.84. The van der Waals surface area contributed by atoms with E-state index in [4.69, 9.17) is 14.7 Å². The number of allylic oxidation sites excluding steroid dienone is 2. The van der Waals surface area contributed by atoms with Gasteiger partial charge in [0.05, 0.1) is 32.1 Å². The van der Waals surface area contributed by atoms with Crippen molar-refractivity contribution in [1.82, 2.24) is 0 Å². The number of nitrogens with zero attached hydrogens (tertiary/aromatic N) is 1. The molecule has 0 N–H and O–H groups in total. The highest BCUT2D eigenvalue weighted by atomic mass is 16.5. The van der Waals surface area contributed by atoms with Crippen molar-refractivity contribution in [3.05, 3.63) is 11.6 Å². The van der Waals surface area contributed by atoms with E-state index in [1.807, 2.05) is 6.08 Å². The summed E-state index contributed by atoms with van der Waals surface area (Å²) in [4.78, 5) is 23.7. The van der Waals surface area contributed by atoms with E-state index < -0.39 is 23.8 Å². The van der Waals surface area contributed by atoms with Gasteiger partial charge in [-0.3, -0.25) is 9.59 Å². The summed E-state index contributed by atoms with van der Waals surface area (Å²) in [5.41, 5.74) is 0.599. The van der Waals surface area contributed by atoms with Crippen molar-refractivity contribution in [3.63, 3.8) is 0 Å². The van der Waals surface area contributed by atoms with Gasteiger partial charge in [0.1, 0.15) is 0 Å². The Balaban J connectivity index is 2.40. The average Bonchev–Trinajstić information content (AvgIpc) is 2.44. The molecule has 0 aromatic heterocycles. The highest BCUT2D eigenvalue weighted by Crippen LogP contribution is 2.48. The van der Waals surface area contributed by atoms with Crippen LogP contribution in [0.5, 0.6) is 0 Å². The minimum Gasteiger partial charge on any atom is -0.469 e. The Morgan fingerprint density at radius 1 is 1.22 bits per heavy atom. The van der Waals surface area contributed by atoms with Gasteiger partial charge in [0.25, 0.3) is 0 Å². The van der Waals surface area contributed by atoms with E-state index >= 15 is 0 Å². The maximum atomic E-state index is 11.9. The van der Waals surface area contributed by atoms with Gasteiger partial charge in [0, 0.05) is 11.5 Å². The minimum absolute atomic E-state index is 0.0961. The second-order valence-corrected chi connectivity index (χ2v) is 4.68. The second-order valence-electron chi connectivity index (χ2n) is 4.68. The van der Waals surface area contributed by atoms with Gasteiger partial charge >= 0.3 is 11.9 Å². The van der Waals surface area contributed by atoms with Crippen molar-refractivity contribution in [2.45, 2.75) is 12.8 Å². The molecule has 4 atom stereocenters. The van der Waals surface area contributed by atoms with Crippen LogP contribution in [0.4, 0.5) is 0 Å². The predicted molar refractivity (Wildman–Crippen MR) is 60.9 cm³/mol. The Labute approximate surface area is 105 Å². The molecule has 96 valence electrons. The van der Waals surface area contributed by atoms with Crippen LogP contribution >= 0.6 is 0 Å². The molecule has 0 aromatic rings. The zero-order chi connectivity index (χ0) is 13.3. The highest BCUT2D eigenvalue weighted by Gasteiger charge is 2.52. The topological polar surface area (TPSA) is 76.4 Å². The van der Waals surface area contributed by atoms with E-state index in [0.717, 1.165) is 12.8 Å². The molecule has 0 saturated heterocycles. The first kappa shape index (κ1) is 12.6. The summed E-state index contributed by atoms with van der Waals surface area (Å²) in [6, 6.07) is 2.12. The zero-order valence-corrected chi connectivity index (χ0v) is 10.4. The molecule has 3 rings (SSSR count). The molecule has 1 fully saturated rings. The fourth-order valence-corrected chi connectivity index (χ4v) is 3.16. The number of hydrogen-bond acceptors (Lipinski definition) is 5. The van der Waals surface area contributed by atoms with Crippen molar-refractivity contribution in [2.24, 2.45) is 23.7 Å². The van der Waals surface area contributed by atoms with Gasteiger partial charge in [-0.2, -0.15) is 5.26 Å². The molecule has 5 heteroatoms. The standard InChI is InChI=1S/C13H15NO4/c1-17-12(15)10-7-3-4-9(8(5-7)6-14)11(10)13(16)18-2/h5,7,9-11H,3-4H2,1-2H3. The summed E-state index contributed by atoms with van der Waals surface area (Å²) in [5, 5.41) is 9.08. The number of hydrogen-bond donors (Lipinski definition) is 0. The summed E-state index contributed by atoms with van der Waals surface area (Å²) in [7, 11) is 2.61. The van der Waals surface area contributed by atoms with E-state index in [1.54, 1.807) is 0 Å². The zero-order valence-electron chi connectivity index (χ0n) is 10.4. The summed E-state index contributed by atoms with van der Waals surface area (Å²) < 4.78 is 9.55. The Morgan fingerprint density at radius 3 is 2.39 bits per heavy atom. The number of rotatable bonds is 2. The number of esters is 2. The second kappa shape index (κ2) is 4.81. The van der Waals surface area contributed by atoms with E-state index in [2.05, 4.69) is 6.07 Å². The summed E-state index contributed by atoms with van der Waals surface area (Å²) >= 11 is 0. The fraction of sp³-hybridized carbons (Fsp3) is 0.615. The number of carbonyl (C=O) groups is 2. The first-order valence-electron chi connectivity index (χ1n) is 5.91. The number of methoxy groups -OCH3 is 2. The molecule has 0 aromatic carbocycles. The van der Waals surface area contributed by atoms with Crippen molar-refractivity contribution in [3.8, 4) is 6.07 Å². The van der Waals surface area contributed by atoms with Crippen molar-refractivity contribution in [2.75, 3.05) is 14.2 Å². The molecule has 5 nitrogen and oxygen atoms in total. The Bertz CT molecular complexity index is 448. The Morgan fingerprint density at radius 2 is 1.83 bits per heavy atom. The van der Waals surface area contributed by atoms with Crippen molar-refractivity contribution >= 4 is 11.9 Å². The number of ether oxygens (including phenoxy) is 2. The van der Waals surface area contributed by atoms with Crippen LogP contribution in [0.3, 0.4) is 0 Å². The van der Waals surface area contributed by atoms with Crippen LogP contribution in [-0.4, -0.2) is 26.2 Å². The van der Waals surface area contributed by atoms with Crippen LogP contribution in [0, 0.1) is 35.0 Å². The van der Waals surface area contributed by atoms with Crippen molar-refractivity contribution in [1.29, 1.82) is 5.26 Å². The van der Waals surface area contributed by atoms with E-state index in [-0.39, 0.29) is 11.8 Å². The van der Waals surface area contributed by atoms with Crippen LogP contribution in [0.1, 0.15) is 12.8 Å². The van der Waals surface area contributed by atoms with Crippen LogP contribution in [0.2, 0.25) is 0 Å². The largest absolute Gasteiger partial charge is 0.469 e. The van der Waals surface area contributed by atoms with Crippen LogP contribution in [-0.2, 0) is 19.1 Å². The lowest BCUT2D eigenvalue weighted by atomic mass is 9.59. The predicted octanol–water partition coefficient (Wildman–Crippen LogP) is 1.05. The lowest BCUT2D eigenvalue weighted by molar-refractivity contribution is -0.164. The summed E-state index contributed by atoms with van der Waals surface area (Å²) in [6.07, 6.45) is 3.37. The van der Waals surface area contributed by atoms with Gasteiger partial charge in [-0.05, 0) is 18.8 Å². The normalized spacial score (nSPS) is 33.3.